The van der Waals surface area contributed by atoms with Gasteiger partial charge in [-0.2, -0.15) is 0 Å². The first-order valence-corrected chi connectivity index (χ1v) is 6.89. The average Bonchev–Trinajstić information content (AvgIpc) is 2.74. The lowest BCUT2D eigenvalue weighted by Gasteiger charge is -2.25. The van der Waals surface area contributed by atoms with Gasteiger partial charge in [0.15, 0.2) is 5.82 Å². The van der Waals surface area contributed by atoms with Gasteiger partial charge in [-0.1, -0.05) is 27.7 Å². The number of aromatic nitrogens is 4. The maximum absolute atomic E-state index is 11.0. The van der Waals surface area contributed by atoms with Crippen LogP contribution < -0.4 is 0 Å². The molecule has 7 heteroatoms. The van der Waals surface area contributed by atoms with Crippen molar-refractivity contribution in [2.75, 3.05) is 6.61 Å². The van der Waals surface area contributed by atoms with Crippen LogP contribution in [-0.2, 0) is 16.1 Å². The second-order valence-corrected chi connectivity index (χ2v) is 6.11. The molecule has 7 nitrogen and oxygen atoms in total. The second kappa shape index (κ2) is 7.33. The normalized spacial score (nSPS) is 13.4. The van der Waals surface area contributed by atoms with Crippen molar-refractivity contribution in [3.8, 4) is 0 Å². The highest BCUT2D eigenvalue weighted by Gasteiger charge is 2.25. The minimum Gasteiger partial charge on any atom is -0.481 e. The number of carbonyl (C=O) groups is 1. The summed E-state index contributed by atoms with van der Waals surface area (Å²) in [7, 11) is 0. The molecule has 0 bridgehead atoms. The van der Waals surface area contributed by atoms with Crippen LogP contribution in [0.15, 0.2) is 0 Å². The van der Waals surface area contributed by atoms with Crippen LogP contribution in [0, 0.1) is 5.41 Å². The summed E-state index contributed by atoms with van der Waals surface area (Å²) in [4.78, 5) is 11.0. The third-order valence-corrected chi connectivity index (χ3v) is 2.74. The fourth-order valence-electron chi connectivity index (χ4n) is 2.05. The molecule has 1 atom stereocenters. The third kappa shape index (κ3) is 5.64. The number of nitrogens with zero attached hydrogens (tertiary/aromatic N) is 4. The highest BCUT2D eigenvalue weighted by Crippen LogP contribution is 2.29. The Bertz CT molecular complexity index is 425. The van der Waals surface area contributed by atoms with Gasteiger partial charge in [-0.3, -0.25) is 4.79 Å². The summed E-state index contributed by atoms with van der Waals surface area (Å²) in [6, 6.07) is -0.261. The molecule has 1 aromatic heterocycles. The number of hydrogen-bond acceptors (Lipinski definition) is 5. The van der Waals surface area contributed by atoms with E-state index in [-0.39, 0.29) is 17.9 Å². The zero-order chi connectivity index (χ0) is 15.2. The Morgan fingerprint density at radius 3 is 2.70 bits per heavy atom. The van der Waals surface area contributed by atoms with Gasteiger partial charge in [0.2, 0.25) is 0 Å². The molecule has 0 radical (unpaired) electrons. The molecule has 0 aliphatic carbocycles. The minimum atomic E-state index is -0.852. The molecule has 1 rings (SSSR count). The minimum absolute atomic E-state index is 0.00306. The molecule has 0 spiro atoms. The molecule has 0 aliphatic rings. The number of carboxylic acid groups (broad SMARTS) is 1. The van der Waals surface area contributed by atoms with E-state index in [1.807, 2.05) is 6.92 Å². The lowest BCUT2D eigenvalue weighted by Crippen LogP contribution is -2.23. The Morgan fingerprint density at radius 2 is 2.15 bits per heavy atom. The lowest BCUT2D eigenvalue weighted by molar-refractivity contribution is -0.138. The summed E-state index contributed by atoms with van der Waals surface area (Å²) in [6.07, 6.45) is 1.61. The second-order valence-electron chi connectivity index (χ2n) is 6.11. The summed E-state index contributed by atoms with van der Waals surface area (Å²) in [5, 5.41) is 20.6. The van der Waals surface area contributed by atoms with Gasteiger partial charge in [-0.25, -0.2) is 4.68 Å². The average molecular weight is 284 g/mol. The van der Waals surface area contributed by atoms with Gasteiger partial charge in [-0.15, -0.1) is 5.10 Å². The molecule has 0 saturated heterocycles. The Labute approximate surface area is 119 Å². The van der Waals surface area contributed by atoms with Crippen LogP contribution in [0.5, 0.6) is 0 Å². The maximum Gasteiger partial charge on any atom is 0.305 e. The summed E-state index contributed by atoms with van der Waals surface area (Å²) in [5.74, 6) is -0.274. The number of rotatable bonds is 8. The van der Waals surface area contributed by atoms with Crippen molar-refractivity contribution in [3.05, 3.63) is 5.82 Å². The zero-order valence-electron chi connectivity index (χ0n) is 12.7. The van der Waals surface area contributed by atoms with E-state index in [1.165, 1.54) is 0 Å². The molecule has 0 amide bonds. The fraction of sp³-hybridized carbons (Fsp3) is 0.846. The van der Waals surface area contributed by atoms with Crippen molar-refractivity contribution < 1.29 is 14.6 Å². The van der Waals surface area contributed by atoms with Crippen molar-refractivity contribution in [2.45, 2.75) is 59.6 Å². The molecule has 0 aliphatic heterocycles. The lowest BCUT2D eigenvalue weighted by atomic mass is 9.87. The largest absolute Gasteiger partial charge is 0.481 e. The number of carboxylic acids is 1. The van der Waals surface area contributed by atoms with Gasteiger partial charge < -0.3 is 9.84 Å². The molecule has 1 heterocycles. The summed E-state index contributed by atoms with van der Waals surface area (Å²) in [6.45, 7) is 9.17. The first kappa shape index (κ1) is 16.6. The number of tetrazole rings is 1. The van der Waals surface area contributed by atoms with Crippen molar-refractivity contribution in [3.63, 3.8) is 0 Å². The van der Waals surface area contributed by atoms with Crippen molar-refractivity contribution in [2.24, 2.45) is 5.41 Å². The number of ether oxygens (including phenoxy) is 1. The molecular weight excluding hydrogens is 260 g/mol. The summed E-state index contributed by atoms with van der Waals surface area (Å²) < 4.78 is 7.03. The molecule has 1 aromatic rings. The van der Waals surface area contributed by atoms with Gasteiger partial charge in [0, 0.05) is 6.61 Å². The standard InChI is InChI=1S/C13H24N4O3/c1-5-6-20-9-11-14-15-16-17(11)10(7-12(18)19)8-13(2,3)4/h10H,5-9H2,1-4H3,(H,18,19). The quantitative estimate of drug-likeness (QED) is 0.735. The highest BCUT2D eigenvalue weighted by atomic mass is 16.5. The van der Waals surface area contributed by atoms with Gasteiger partial charge in [0.1, 0.15) is 6.61 Å². The van der Waals surface area contributed by atoms with E-state index in [9.17, 15) is 4.79 Å². The Kier molecular flexibility index (Phi) is 6.06. The fourth-order valence-corrected chi connectivity index (χ4v) is 2.05. The monoisotopic (exact) mass is 284 g/mol. The van der Waals surface area contributed by atoms with Crippen molar-refractivity contribution in [1.29, 1.82) is 0 Å². The van der Waals surface area contributed by atoms with Crippen LogP contribution in [0.3, 0.4) is 0 Å². The van der Waals surface area contributed by atoms with Gasteiger partial charge >= 0.3 is 5.97 Å². The van der Waals surface area contributed by atoms with E-state index in [0.717, 1.165) is 6.42 Å². The molecule has 114 valence electrons. The molecule has 1 N–H and O–H groups in total. The highest BCUT2D eigenvalue weighted by molar-refractivity contribution is 5.67. The van der Waals surface area contributed by atoms with Crippen LogP contribution in [-0.4, -0.2) is 37.9 Å². The van der Waals surface area contributed by atoms with Crippen LogP contribution in [0.4, 0.5) is 0 Å². The molecule has 0 aromatic carbocycles. The van der Waals surface area contributed by atoms with E-state index in [4.69, 9.17) is 9.84 Å². The van der Waals surface area contributed by atoms with Gasteiger partial charge in [0.05, 0.1) is 12.5 Å². The van der Waals surface area contributed by atoms with Crippen molar-refractivity contribution in [1.82, 2.24) is 20.2 Å². The molecular formula is C13H24N4O3. The Balaban J connectivity index is 2.84. The molecule has 20 heavy (non-hydrogen) atoms. The molecule has 1 unspecified atom stereocenters. The van der Waals surface area contributed by atoms with Crippen LogP contribution in [0.25, 0.3) is 0 Å². The third-order valence-electron chi connectivity index (χ3n) is 2.74. The van der Waals surface area contributed by atoms with E-state index in [1.54, 1.807) is 4.68 Å². The Morgan fingerprint density at radius 1 is 1.45 bits per heavy atom. The topological polar surface area (TPSA) is 90.1 Å². The van der Waals surface area contributed by atoms with E-state index in [2.05, 4.69) is 36.3 Å². The molecule has 0 saturated carbocycles. The van der Waals surface area contributed by atoms with Crippen LogP contribution >= 0.6 is 0 Å². The summed E-state index contributed by atoms with van der Waals surface area (Å²) >= 11 is 0. The smallest absolute Gasteiger partial charge is 0.305 e. The summed E-state index contributed by atoms with van der Waals surface area (Å²) in [5.41, 5.74) is -0.00634. The van der Waals surface area contributed by atoms with Crippen molar-refractivity contribution >= 4 is 5.97 Å². The SMILES string of the molecule is CCCOCc1nnnn1C(CC(=O)O)CC(C)(C)C. The maximum atomic E-state index is 11.0. The predicted octanol–water partition coefficient (Wildman–Crippen LogP) is 2.05. The van der Waals surface area contributed by atoms with E-state index < -0.39 is 5.97 Å². The van der Waals surface area contributed by atoms with E-state index >= 15 is 0 Å². The number of hydrogen-bond donors (Lipinski definition) is 1. The first-order valence-electron chi connectivity index (χ1n) is 6.89. The number of aliphatic carboxylic acids is 1. The zero-order valence-corrected chi connectivity index (χ0v) is 12.7. The Hall–Kier alpha value is -1.50. The predicted molar refractivity (Wildman–Crippen MR) is 73.1 cm³/mol. The van der Waals surface area contributed by atoms with Gasteiger partial charge in [-0.05, 0) is 28.7 Å². The van der Waals surface area contributed by atoms with Gasteiger partial charge in [0.25, 0.3) is 0 Å². The molecule has 0 fully saturated rings. The van der Waals surface area contributed by atoms with Crippen LogP contribution in [0.2, 0.25) is 0 Å². The van der Waals surface area contributed by atoms with E-state index in [0.29, 0.717) is 25.5 Å². The van der Waals surface area contributed by atoms with Crippen LogP contribution in [0.1, 0.15) is 58.8 Å². The first-order chi connectivity index (χ1) is 9.33.